The zero-order valence-electron chi connectivity index (χ0n) is 16.9. The Labute approximate surface area is 175 Å². The topological polar surface area (TPSA) is 80.3 Å². The third kappa shape index (κ3) is 4.42. The predicted molar refractivity (Wildman–Crippen MR) is 111 cm³/mol. The van der Waals surface area contributed by atoms with E-state index < -0.39 is 0 Å². The Morgan fingerprint density at radius 1 is 1.07 bits per heavy atom. The molecule has 1 N–H and O–H groups in total. The molecule has 0 aliphatic carbocycles. The van der Waals surface area contributed by atoms with Crippen LogP contribution in [0.2, 0.25) is 0 Å². The summed E-state index contributed by atoms with van der Waals surface area (Å²) in [4.78, 5) is 28.3. The van der Waals surface area contributed by atoms with Crippen LogP contribution in [-0.4, -0.2) is 63.3 Å². The first kappa shape index (κ1) is 19.9. The van der Waals surface area contributed by atoms with Gasteiger partial charge >= 0.3 is 6.03 Å². The molecule has 158 valence electrons. The quantitative estimate of drug-likeness (QED) is 0.755. The summed E-state index contributed by atoms with van der Waals surface area (Å²) in [6.45, 7) is 2.60. The molecule has 2 aromatic rings. The van der Waals surface area contributed by atoms with Gasteiger partial charge in [0.1, 0.15) is 25.5 Å². The maximum Gasteiger partial charge on any atom is 0.325 e. The first-order valence-corrected chi connectivity index (χ1v) is 10.00. The van der Waals surface area contributed by atoms with Crippen LogP contribution in [-0.2, 0) is 11.2 Å². The van der Waals surface area contributed by atoms with Crippen LogP contribution < -0.4 is 24.4 Å². The summed E-state index contributed by atoms with van der Waals surface area (Å²) in [6.07, 6.45) is 0.715. The van der Waals surface area contributed by atoms with Gasteiger partial charge in [0.05, 0.1) is 7.11 Å². The molecule has 2 aliphatic rings. The van der Waals surface area contributed by atoms with E-state index in [4.69, 9.17) is 14.2 Å². The molecule has 1 fully saturated rings. The van der Waals surface area contributed by atoms with E-state index in [9.17, 15) is 9.59 Å². The van der Waals surface area contributed by atoms with Crippen LogP contribution in [0, 0.1) is 0 Å². The highest BCUT2D eigenvalue weighted by atomic mass is 16.6. The van der Waals surface area contributed by atoms with Gasteiger partial charge in [0.2, 0.25) is 5.91 Å². The van der Waals surface area contributed by atoms with Gasteiger partial charge in [-0.05, 0) is 36.2 Å². The van der Waals surface area contributed by atoms with Crippen LogP contribution in [0.4, 0.5) is 10.5 Å². The Hall–Kier alpha value is -3.42. The number of anilines is 1. The van der Waals surface area contributed by atoms with Crippen LogP contribution in [0.5, 0.6) is 17.2 Å². The number of rotatable bonds is 7. The largest absolute Gasteiger partial charge is 0.497 e. The predicted octanol–water partition coefficient (Wildman–Crippen LogP) is 2.07. The molecule has 2 heterocycles. The number of fused-ring (bicyclic) bond motifs is 1. The fourth-order valence-electron chi connectivity index (χ4n) is 3.54. The lowest BCUT2D eigenvalue weighted by atomic mass is 10.1. The highest BCUT2D eigenvalue weighted by Gasteiger charge is 2.31. The van der Waals surface area contributed by atoms with E-state index in [1.807, 2.05) is 42.5 Å². The average Bonchev–Trinajstić information content (AvgIpc) is 3.14. The van der Waals surface area contributed by atoms with E-state index in [1.165, 1.54) is 0 Å². The van der Waals surface area contributed by atoms with Crippen molar-refractivity contribution in [1.29, 1.82) is 0 Å². The van der Waals surface area contributed by atoms with E-state index >= 15 is 0 Å². The standard InChI is InChI=1S/C22H25N3O5/c1-28-18-5-2-16(3-6-18)8-9-23-21(26)15-24-10-11-25(22(24)27)17-4-7-19-20(14-17)30-13-12-29-19/h2-7,14H,8-13,15H2,1H3,(H,23,26). The summed E-state index contributed by atoms with van der Waals surface area (Å²) in [5.74, 6) is 1.96. The fourth-order valence-corrected chi connectivity index (χ4v) is 3.54. The summed E-state index contributed by atoms with van der Waals surface area (Å²) in [6, 6.07) is 13.0. The van der Waals surface area contributed by atoms with E-state index in [-0.39, 0.29) is 18.5 Å². The monoisotopic (exact) mass is 411 g/mol. The van der Waals surface area contributed by atoms with Crippen molar-refractivity contribution < 1.29 is 23.8 Å². The summed E-state index contributed by atoms with van der Waals surface area (Å²) in [7, 11) is 1.63. The Balaban J connectivity index is 1.27. The Bertz CT molecular complexity index is 915. The lowest BCUT2D eigenvalue weighted by molar-refractivity contribution is -0.121. The number of amides is 3. The van der Waals surface area contributed by atoms with Gasteiger partial charge in [-0.25, -0.2) is 4.79 Å². The van der Waals surface area contributed by atoms with Crippen LogP contribution in [0.1, 0.15) is 5.56 Å². The normalized spacial score (nSPS) is 15.3. The summed E-state index contributed by atoms with van der Waals surface area (Å²) >= 11 is 0. The number of hydrogen-bond donors (Lipinski definition) is 1. The molecule has 3 amide bonds. The highest BCUT2D eigenvalue weighted by molar-refractivity contribution is 5.96. The van der Waals surface area contributed by atoms with E-state index in [0.29, 0.717) is 50.8 Å². The Kier molecular flexibility index (Phi) is 5.92. The molecule has 0 radical (unpaired) electrons. The van der Waals surface area contributed by atoms with Crippen LogP contribution in [0.3, 0.4) is 0 Å². The number of benzene rings is 2. The number of urea groups is 1. The number of ether oxygens (including phenoxy) is 3. The zero-order valence-corrected chi connectivity index (χ0v) is 16.9. The van der Waals surface area contributed by atoms with Gasteiger partial charge in [-0.15, -0.1) is 0 Å². The molecule has 1 saturated heterocycles. The maximum atomic E-state index is 12.8. The van der Waals surface area contributed by atoms with Gasteiger partial charge in [0, 0.05) is 31.4 Å². The molecule has 0 bridgehead atoms. The average molecular weight is 411 g/mol. The third-order valence-corrected chi connectivity index (χ3v) is 5.16. The van der Waals surface area contributed by atoms with Crippen molar-refractivity contribution in [2.45, 2.75) is 6.42 Å². The number of nitrogens with one attached hydrogen (secondary N) is 1. The number of nitrogens with zero attached hydrogens (tertiary/aromatic N) is 2. The molecule has 0 spiro atoms. The Morgan fingerprint density at radius 3 is 2.60 bits per heavy atom. The second-order valence-corrected chi connectivity index (χ2v) is 7.13. The van der Waals surface area contributed by atoms with Gasteiger partial charge in [-0.3, -0.25) is 9.69 Å². The zero-order chi connectivity index (χ0) is 20.9. The second kappa shape index (κ2) is 8.94. The molecule has 4 rings (SSSR count). The van der Waals surface area contributed by atoms with Crippen molar-refractivity contribution in [1.82, 2.24) is 10.2 Å². The minimum absolute atomic E-state index is 0.0441. The lowest BCUT2D eigenvalue weighted by Gasteiger charge is -2.22. The minimum Gasteiger partial charge on any atom is -0.497 e. The van der Waals surface area contributed by atoms with Crippen molar-refractivity contribution >= 4 is 17.6 Å². The van der Waals surface area contributed by atoms with Crippen molar-refractivity contribution in [2.75, 3.05) is 51.4 Å². The lowest BCUT2D eigenvalue weighted by Crippen LogP contribution is -2.40. The number of hydrogen-bond acceptors (Lipinski definition) is 5. The Morgan fingerprint density at radius 2 is 1.83 bits per heavy atom. The van der Waals surface area contributed by atoms with Crippen molar-refractivity contribution in [3.05, 3.63) is 48.0 Å². The first-order valence-electron chi connectivity index (χ1n) is 10.00. The van der Waals surface area contributed by atoms with Gasteiger partial charge < -0.3 is 24.4 Å². The molecule has 2 aliphatic heterocycles. The SMILES string of the molecule is COc1ccc(CCNC(=O)CN2CCN(c3ccc4c(c3)OCCO4)C2=O)cc1. The van der Waals surface area contributed by atoms with Gasteiger partial charge in [0.15, 0.2) is 11.5 Å². The number of carbonyl (C=O) groups is 2. The smallest absolute Gasteiger partial charge is 0.325 e. The number of methoxy groups -OCH3 is 1. The van der Waals surface area contributed by atoms with Crippen molar-refractivity contribution in [3.63, 3.8) is 0 Å². The highest BCUT2D eigenvalue weighted by Crippen LogP contribution is 2.34. The molecule has 30 heavy (non-hydrogen) atoms. The number of carbonyl (C=O) groups excluding carboxylic acids is 2. The van der Waals surface area contributed by atoms with Gasteiger partial charge in [-0.2, -0.15) is 0 Å². The molecular formula is C22H25N3O5. The van der Waals surface area contributed by atoms with E-state index in [2.05, 4.69) is 5.32 Å². The van der Waals surface area contributed by atoms with Gasteiger partial charge in [0.25, 0.3) is 0 Å². The van der Waals surface area contributed by atoms with E-state index in [1.54, 1.807) is 16.9 Å². The molecular weight excluding hydrogens is 386 g/mol. The van der Waals surface area contributed by atoms with Crippen molar-refractivity contribution in [3.8, 4) is 17.2 Å². The summed E-state index contributed by atoms with van der Waals surface area (Å²) < 4.78 is 16.3. The van der Waals surface area contributed by atoms with Crippen LogP contribution in [0.15, 0.2) is 42.5 Å². The molecule has 8 heteroatoms. The molecule has 2 aromatic carbocycles. The maximum absolute atomic E-state index is 12.8. The third-order valence-electron chi connectivity index (χ3n) is 5.16. The first-order chi connectivity index (χ1) is 14.6. The van der Waals surface area contributed by atoms with Crippen molar-refractivity contribution in [2.24, 2.45) is 0 Å². The summed E-state index contributed by atoms with van der Waals surface area (Å²) in [5, 5.41) is 2.88. The second-order valence-electron chi connectivity index (χ2n) is 7.13. The fraction of sp³-hybridized carbons (Fsp3) is 0.364. The summed E-state index contributed by atoms with van der Waals surface area (Å²) in [5.41, 5.74) is 1.85. The molecule has 0 aromatic heterocycles. The van der Waals surface area contributed by atoms with Crippen LogP contribution >= 0.6 is 0 Å². The van der Waals surface area contributed by atoms with Gasteiger partial charge in [-0.1, -0.05) is 12.1 Å². The minimum atomic E-state index is -0.183. The molecule has 8 nitrogen and oxygen atoms in total. The molecule has 0 saturated carbocycles. The molecule has 0 unspecified atom stereocenters. The molecule has 0 atom stereocenters. The van der Waals surface area contributed by atoms with Crippen LogP contribution in [0.25, 0.3) is 0 Å². The van der Waals surface area contributed by atoms with E-state index in [0.717, 1.165) is 17.0 Å².